The van der Waals surface area contributed by atoms with Gasteiger partial charge in [0.1, 0.15) is 11.6 Å². The molecule has 6 nitrogen and oxygen atoms in total. The molecule has 0 aromatic rings. The van der Waals surface area contributed by atoms with Gasteiger partial charge in [-0.2, -0.15) is 0 Å². The van der Waals surface area contributed by atoms with Crippen LogP contribution < -0.4 is 0 Å². The van der Waals surface area contributed by atoms with Crippen molar-refractivity contribution >= 4 is 34.7 Å². The molecule has 8 rings (SSSR count). The first-order chi connectivity index (χ1) is 29.8. The van der Waals surface area contributed by atoms with Gasteiger partial charge in [0, 0.05) is 83.5 Å². The van der Waals surface area contributed by atoms with Crippen LogP contribution in [0.15, 0.2) is 46.6 Å². The van der Waals surface area contributed by atoms with Gasteiger partial charge < -0.3 is 0 Å². The van der Waals surface area contributed by atoms with Crippen molar-refractivity contribution in [3.63, 3.8) is 0 Å². The van der Waals surface area contributed by atoms with Crippen molar-refractivity contribution in [3.05, 3.63) is 46.6 Å². The molecule has 0 aromatic heterocycles. The third-order valence-corrected chi connectivity index (χ3v) is 20.7. The Hall–Kier alpha value is -3.02. The molecule has 0 aliphatic heterocycles. The summed E-state index contributed by atoms with van der Waals surface area (Å²) >= 11 is 0. The van der Waals surface area contributed by atoms with Crippen molar-refractivity contribution in [1.29, 1.82) is 0 Å². The van der Waals surface area contributed by atoms with Gasteiger partial charge in [0.2, 0.25) is 0 Å². The zero-order valence-electron chi connectivity index (χ0n) is 42.1. The standard InChI is InChI=1S/2C29H42O3/c2*1-16(2)17(3)8-9-18(4)20-10-11-21-26-24(31)14-22-19(5)23(30)12-13-28(22,6)27(26)25(32)15-29(20,21)7/h2*16,18-22H,3,8-15H2,1-2,4-7H3/t2*18-,19+,20-,21+,22+,28+,29-/m11/s1. The molecule has 4 saturated carbocycles. The van der Waals surface area contributed by atoms with Crippen molar-refractivity contribution in [2.45, 2.75) is 186 Å². The zero-order chi connectivity index (χ0) is 47.2. The van der Waals surface area contributed by atoms with E-state index < -0.39 is 0 Å². The lowest BCUT2D eigenvalue weighted by molar-refractivity contribution is -0.137. The van der Waals surface area contributed by atoms with Crippen LogP contribution in [0, 0.1) is 92.7 Å². The Morgan fingerprint density at radius 2 is 0.891 bits per heavy atom. The van der Waals surface area contributed by atoms with Crippen LogP contribution in [0.4, 0.5) is 0 Å². The van der Waals surface area contributed by atoms with E-state index in [1.165, 1.54) is 11.1 Å². The van der Waals surface area contributed by atoms with Crippen LogP contribution in [0.5, 0.6) is 0 Å². The summed E-state index contributed by atoms with van der Waals surface area (Å²) in [7, 11) is 0. The molecule has 6 heteroatoms. The number of hydrogen-bond acceptors (Lipinski definition) is 6. The van der Waals surface area contributed by atoms with Crippen LogP contribution in [-0.4, -0.2) is 34.7 Å². The van der Waals surface area contributed by atoms with E-state index in [1.807, 2.05) is 13.8 Å². The van der Waals surface area contributed by atoms with E-state index in [-0.39, 0.29) is 91.9 Å². The molecule has 8 aliphatic carbocycles. The van der Waals surface area contributed by atoms with E-state index in [9.17, 15) is 28.8 Å². The second kappa shape index (κ2) is 17.6. The Bertz CT molecular complexity index is 1930. The Morgan fingerprint density at radius 3 is 1.22 bits per heavy atom. The molecule has 0 heterocycles. The Labute approximate surface area is 387 Å². The Morgan fingerprint density at radius 1 is 0.547 bits per heavy atom. The third-order valence-electron chi connectivity index (χ3n) is 20.7. The van der Waals surface area contributed by atoms with Crippen LogP contribution in [0.3, 0.4) is 0 Å². The molecular formula is C58H84O6. The summed E-state index contributed by atoms with van der Waals surface area (Å²) in [4.78, 5) is 79.5. The van der Waals surface area contributed by atoms with E-state index in [0.717, 1.165) is 86.5 Å². The van der Waals surface area contributed by atoms with Gasteiger partial charge in [0.25, 0.3) is 0 Å². The first-order valence-electron chi connectivity index (χ1n) is 25.9. The number of ketones is 6. The summed E-state index contributed by atoms with van der Waals surface area (Å²) in [6.45, 7) is 34.9. The van der Waals surface area contributed by atoms with Gasteiger partial charge in [-0.25, -0.2) is 0 Å². The van der Waals surface area contributed by atoms with Crippen molar-refractivity contribution in [2.24, 2.45) is 92.7 Å². The van der Waals surface area contributed by atoms with Crippen molar-refractivity contribution in [2.75, 3.05) is 0 Å². The fourth-order valence-corrected chi connectivity index (χ4v) is 16.3. The molecule has 4 fully saturated rings. The molecule has 14 atom stereocenters. The number of rotatable bonds is 10. The predicted molar refractivity (Wildman–Crippen MR) is 256 cm³/mol. The number of carbonyl (C=O) groups excluding carboxylic acids is 6. The zero-order valence-corrected chi connectivity index (χ0v) is 42.1. The van der Waals surface area contributed by atoms with Gasteiger partial charge in [-0.3, -0.25) is 28.8 Å². The number of carbonyl (C=O) groups is 6. The van der Waals surface area contributed by atoms with Gasteiger partial charge in [-0.1, -0.05) is 107 Å². The molecule has 352 valence electrons. The van der Waals surface area contributed by atoms with Crippen LogP contribution >= 0.6 is 0 Å². The summed E-state index contributed by atoms with van der Waals surface area (Å²) in [6.07, 6.45) is 13.1. The highest BCUT2D eigenvalue weighted by atomic mass is 16.2. The quantitative estimate of drug-likeness (QED) is 0.203. The molecule has 0 amide bonds. The average Bonchev–Trinajstić information content (AvgIpc) is 3.76. The summed E-state index contributed by atoms with van der Waals surface area (Å²) in [5.74, 6) is 4.37. The van der Waals surface area contributed by atoms with E-state index in [1.54, 1.807) is 0 Å². The molecule has 0 bridgehead atoms. The molecule has 8 aliphatic rings. The lowest BCUT2D eigenvalue weighted by atomic mass is 9.48. The minimum Gasteiger partial charge on any atom is -0.299 e. The Kier molecular flexibility index (Phi) is 13.4. The fraction of sp³-hybridized carbons (Fsp3) is 0.759. The van der Waals surface area contributed by atoms with Crippen molar-refractivity contribution < 1.29 is 28.8 Å². The van der Waals surface area contributed by atoms with E-state index in [4.69, 9.17) is 0 Å². The monoisotopic (exact) mass is 877 g/mol. The third kappa shape index (κ3) is 7.84. The van der Waals surface area contributed by atoms with Crippen molar-refractivity contribution in [1.82, 2.24) is 0 Å². The minimum absolute atomic E-state index is 0.0125. The maximum atomic E-state index is 13.8. The van der Waals surface area contributed by atoms with Gasteiger partial charge in [-0.15, -0.1) is 0 Å². The van der Waals surface area contributed by atoms with Crippen LogP contribution in [-0.2, 0) is 28.8 Å². The molecule has 0 unspecified atom stereocenters. The van der Waals surface area contributed by atoms with E-state index >= 15 is 0 Å². The maximum Gasteiger partial charge on any atom is 0.160 e. The van der Waals surface area contributed by atoms with Gasteiger partial charge in [0.05, 0.1) is 0 Å². The first-order valence-corrected chi connectivity index (χ1v) is 25.9. The molecule has 0 saturated heterocycles. The minimum atomic E-state index is -0.312. The van der Waals surface area contributed by atoms with Crippen LogP contribution in [0.25, 0.3) is 0 Å². The summed E-state index contributed by atoms with van der Waals surface area (Å²) in [5.41, 5.74) is 5.18. The van der Waals surface area contributed by atoms with E-state index in [0.29, 0.717) is 74.0 Å². The van der Waals surface area contributed by atoms with Crippen LogP contribution in [0.1, 0.15) is 186 Å². The first kappa shape index (κ1) is 48.9. The molecule has 0 N–H and O–H groups in total. The van der Waals surface area contributed by atoms with E-state index in [2.05, 4.69) is 82.4 Å². The molecule has 64 heavy (non-hydrogen) atoms. The predicted octanol–water partition coefficient (Wildman–Crippen LogP) is 13.0. The van der Waals surface area contributed by atoms with Gasteiger partial charge >= 0.3 is 0 Å². The highest BCUT2D eigenvalue weighted by Gasteiger charge is 2.63. The van der Waals surface area contributed by atoms with Crippen LogP contribution in [0.2, 0.25) is 0 Å². The number of hydrogen-bond donors (Lipinski definition) is 0. The second-order valence-electron chi connectivity index (χ2n) is 24.7. The topological polar surface area (TPSA) is 102 Å². The summed E-state index contributed by atoms with van der Waals surface area (Å²) < 4.78 is 0. The number of fused-ring (bicyclic) bond motifs is 8. The smallest absolute Gasteiger partial charge is 0.160 e. The molecule has 0 radical (unpaired) electrons. The largest absolute Gasteiger partial charge is 0.299 e. The van der Waals surface area contributed by atoms with Gasteiger partial charge in [-0.05, 0) is 134 Å². The molecule has 0 aromatic carbocycles. The summed E-state index contributed by atoms with van der Waals surface area (Å²) in [5, 5.41) is 0. The Balaban J connectivity index is 0.000000191. The molecule has 0 spiro atoms. The maximum absolute atomic E-state index is 13.8. The SMILES string of the molecule is C=C(CC[C@@H](C)[C@H]1CC[C@H]2C3=C(C(=O)C[C@]12C)[C@@]1(C)CCC(=O)[C@@H](C)[C@@H]1CC3=O)C(C)C.C=C(CC[C@@H](C)[C@H]1CC[C@H]2C3=C(C(=O)C[C@]12C)[C@@]1(C)CCC(=O)[C@@H](C)[C@@H]1CC3=O)C(C)C. The number of Topliss-reactive ketones (excluding diaryl/α,β-unsaturated/α-hetero) is 6. The lowest BCUT2D eigenvalue weighted by Crippen LogP contribution is -2.53. The highest BCUT2D eigenvalue weighted by molar-refractivity contribution is 6.12. The van der Waals surface area contributed by atoms with Crippen molar-refractivity contribution in [3.8, 4) is 0 Å². The lowest BCUT2D eigenvalue weighted by Gasteiger charge is -2.53. The molecular weight excluding hydrogens is 793 g/mol. The van der Waals surface area contributed by atoms with Gasteiger partial charge in [0.15, 0.2) is 23.1 Å². The highest BCUT2D eigenvalue weighted by Crippen LogP contribution is 2.66. The summed E-state index contributed by atoms with van der Waals surface area (Å²) in [6, 6.07) is 0. The second-order valence-corrected chi connectivity index (χ2v) is 24.7. The fourth-order valence-electron chi connectivity index (χ4n) is 16.3. The average molecular weight is 877 g/mol. The number of allylic oxidation sites excluding steroid dienone is 6. The normalized spacial score (nSPS) is 40.3.